The molecule has 1 atom stereocenters. The Hall–Kier alpha value is -1.78. The van der Waals surface area contributed by atoms with E-state index in [0.717, 1.165) is 18.8 Å². The summed E-state index contributed by atoms with van der Waals surface area (Å²) in [5.74, 6) is 0. The van der Waals surface area contributed by atoms with E-state index in [1.807, 2.05) is 23.4 Å². The monoisotopic (exact) mass is 260 g/mol. The predicted molar refractivity (Wildman–Crippen MR) is 75.9 cm³/mol. The zero-order chi connectivity index (χ0) is 13.7. The third-order valence-corrected chi connectivity index (χ3v) is 3.11. The Labute approximate surface area is 113 Å². The van der Waals surface area contributed by atoms with Gasteiger partial charge in [0.2, 0.25) is 0 Å². The summed E-state index contributed by atoms with van der Waals surface area (Å²) in [7, 11) is 0. The molecule has 1 aliphatic heterocycles. The Morgan fingerprint density at radius 1 is 1.21 bits per heavy atom. The molecule has 0 fully saturated rings. The molecule has 2 rings (SSSR count). The van der Waals surface area contributed by atoms with Crippen LogP contribution in [0.5, 0.6) is 0 Å². The average Bonchev–Trinajstić information content (AvgIpc) is 2.86. The highest BCUT2D eigenvalue weighted by molar-refractivity contribution is 5.47. The lowest BCUT2D eigenvalue weighted by Crippen LogP contribution is -2.33. The fourth-order valence-corrected chi connectivity index (χ4v) is 2.06. The van der Waals surface area contributed by atoms with Crippen molar-refractivity contribution < 1.29 is 10.2 Å². The fraction of sp³-hybridized carbons (Fsp3) is 0.333. The first-order valence-corrected chi connectivity index (χ1v) is 6.38. The van der Waals surface area contributed by atoms with Crippen molar-refractivity contribution in [1.29, 1.82) is 0 Å². The average molecular weight is 260 g/mol. The van der Waals surface area contributed by atoms with E-state index in [9.17, 15) is 5.11 Å². The molecule has 0 aromatic heterocycles. The highest BCUT2D eigenvalue weighted by atomic mass is 16.3. The molecule has 0 bridgehead atoms. The van der Waals surface area contributed by atoms with Crippen LogP contribution in [0.2, 0.25) is 0 Å². The first kappa shape index (κ1) is 13.6. The third-order valence-electron chi connectivity index (χ3n) is 3.11. The van der Waals surface area contributed by atoms with Crippen molar-refractivity contribution in [3.05, 3.63) is 54.4 Å². The topological polar surface area (TPSA) is 46.9 Å². The van der Waals surface area contributed by atoms with Crippen LogP contribution in [0.25, 0.3) is 6.08 Å². The molecule has 2 N–H and O–H groups in total. The maximum absolute atomic E-state index is 9.40. The second kappa shape index (κ2) is 6.41. The summed E-state index contributed by atoms with van der Waals surface area (Å²) in [6.07, 6.45) is 5.09. The van der Waals surface area contributed by atoms with Gasteiger partial charge in [0.1, 0.15) is 0 Å². The molecule has 1 aliphatic rings. The maximum atomic E-state index is 9.40. The van der Waals surface area contributed by atoms with Crippen LogP contribution >= 0.6 is 0 Å². The molecule has 1 unspecified atom stereocenters. The largest absolute Gasteiger partial charge is 0.394 e. The van der Waals surface area contributed by atoms with Gasteiger partial charge >= 0.3 is 0 Å². The quantitative estimate of drug-likeness (QED) is 0.807. The lowest BCUT2D eigenvalue weighted by atomic mass is 10.1. The fourth-order valence-electron chi connectivity index (χ4n) is 2.06. The number of aliphatic hydroxyl groups excluding tert-OH is 2. The number of β-amino-alcohol motifs (C(OH)–C–C–N with tert-alkyl or cyclic N) is 1. The van der Waals surface area contributed by atoms with Crippen molar-refractivity contribution in [3.63, 3.8) is 0 Å². The SMILES string of the molecule is C=Cc1ccc(CN2C=CN(CC(O)CO)C2)cc1. The maximum Gasteiger partial charge on any atom is 0.0945 e. The lowest BCUT2D eigenvalue weighted by Gasteiger charge is -2.22. The number of hydrogen-bond acceptors (Lipinski definition) is 4. The van der Waals surface area contributed by atoms with E-state index >= 15 is 0 Å². The van der Waals surface area contributed by atoms with Crippen molar-refractivity contribution in [2.75, 3.05) is 19.8 Å². The number of nitrogens with zero attached hydrogens (tertiary/aromatic N) is 2. The standard InChI is InChI=1S/C15H20N2O2/c1-2-13-3-5-14(6-4-13)9-16-7-8-17(12-16)10-15(19)11-18/h2-8,15,18-19H,1,9-12H2. The number of benzene rings is 1. The molecule has 4 nitrogen and oxygen atoms in total. The molecule has 0 radical (unpaired) electrons. The van der Waals surface area contributed by atoms with E-state index in [4.69, 9.17) is 5.11 Å². The number of aliphatic hydroxyl groups is 2. The van der Waals surface area contributed by atoms with Crippen LogP contribution in [0.1, 0.15) is 11.1 Å². The van der Waals surface area contributed by atoms with Crippen molar-refractivity contribution in [2.24, 2.45) is 0 Å². The highest BCUT2D eigenvalue weighted by Gasteiger charge is 2.15. The normalized spacial score (nSPS) is 15.9. The molecule has 1 aromatic rings. The summed E-state index contributed by atoms with van der Waals surface area (Å²) in [5.41, 5.74) is 2.35. The second-order valence-corrected chi connectivity index (χ2v) is 4.74. The first-order valence-electron chi connectivity index (χ1n) is 6.38. The van der Waals surface area contributed by atoms with Crippen LogP contribution in [0.15, 0.2) is 43.2 Å². The Balaban J connectivity index is 1.84. The summed E-state index contributed by atoms with van der Waals surface area (Å²) in [6, 6.07) is 8.29. The molecule has 0 aliphatic carbocycles. The zero-order valence-corrected chi connectivity index (χ0v) is 10.9. The van der Waals surface area contributed by atoms with Gasteiger partial charge in [-0.2, -0.15) is 0 Å². The van der Waals surface area contributed by atoms with Gasteiger partial charge in [0, 0.05) is 25.5 Å². The van der Waals surface area contributed by atoms with E-state index in [0.29, 0.717) is 6.54 Å². The van der Waals surface area contributed by atoms with Crippen LogP contribution in [-0.2, 0) is 6.54 Å². The Morgan fingerprint density at radius 3 is 2.53 bits per heavy atom. The Morgan fingerprint density at radius 2 is 1.89 bits per heavy atom. The number of rotatable bonds is 6. The third kappa shape index (κ3) is 3.84. The first-order chi connectivity index (χ1) is 9.21. The molecule has 0 amide bonds. The summed E-state index contributed by atoms with van der Waals surface area (Å²) in [4.78, 5) is 4.14. The molecule has 19 heavy (non-hydrogen) atoms. The molecule has 0 saturated heterocycles. The molecule has 102 valence electrons. The minimum atomic E-state index is -0.684. The second-order valence-electron chi connectivity index (χ2n) is 4.74. The highest BCUT2D eigenvalue weighted by Crippen LogP contribution is 2.13. The minimum absolute atomic E-state index is 0.201. The van der Waals surface area contributed by atoms with Gasteiger partial charge in [-0.05, 0) is 11.1 Å². The van der Waals surface area contributed by atoms with Gasteiger partial charge in [-0.1, -0.05) is 36.9 Å². The van der Waals surface area contributed by atoms with Gasteiger partial charge in [-0.25, -0.2) is 0 Å². The van der Waals surface area contributed by atoms with Gasteiger partial charge in [-0.3, -0.25) is 0 Å². The van der Waals surface area contributed by atoms with E-state index in [1.54, 1.807) is 0 Å². The van der Waals surface area contributed by atoms with Crippen LogP contribution in [0, 0.1) is 0 Å². The summed E-state index contributed by atoms with van der Waals surface area (Å²) >= 11 is 0. The van der Waals surface area contributed by atoms with E-state index in [1.165, 1.54) is 5.56 Å². The molecule has 4 heteroatoms. The van der Waals surface area contributed by atoms with Gasteiger partial charge in [0.05, 0.1) is 19.4 Å². The van der Waals surface area contributed by atoms with Crippen molar-refractivity contribution in [3.8, 4) is 0 Å². The van der Waals surface area contributed by atoms with Crippen LogP contribution < -0.4 is 0 Å². The molecular weight excluding hydrogens is 240 g/mol. The zero-order valence-electron chi connectivity index (χ0n) is 10.9. The summed E-state index contributed by atoms with van der Waals surface area (Å²) < 4.78 is 0. The van der Waals surface area contributed by atoms with E-state index in [2.05, 4.69) is 35.7 Å². The molecule has 1 heterocycles. The molecule has 0 saturated carbocycles. The molecular formula is C15H20N2O2. The minimum Gasteiger partial charge on any atom is -0.394 e. The molecule has 0 spiro atoms. The van der Waals surface area contributed by atoms with Gasteiger partial charge < -0.3 is 20.0 Å². The smallest absolute Gasteiger partial charge is 0.0945 e. The molecule has 1 aromatic carbocycles. The van der Waals surface area contributed by atoms with E-state index < -0.39 is 6.10 Å². The van der Waals surface area contributed by atoms with E-state index in [-0.39, 0.29) is 6.61 Å². The van der Waals surface area contributed by atoms with Crippen LogP contribution in [-0.4, -0.2) is 45.9 Å². The van der Waals surface area contributed by atoms with Gasteiger partial charge in [0.25, 0.3) is 0 Å². The summed E-state index contributed by atoms with van der Waals surface area (Å²) in [6.45, 7) is 5.56. The van der Waals surface area contributed by atoms with Crippen LogP contribution in [0.4, 0.5) is 0 Å². The number of hydrogen-bond donors (Lipinski definition) is 2. The Kier molecular flexibility index (Phi) is 4.60. The van der Waals surface area contributed by atoms with Crippen LogP contribution in [0.3, 0.4) is 0 Å². The lowest BCUT2D eigenvalue weighted by molar-refractivity contribution is 0.0665. The summed E-state index contributed by atoms with van der Waals surface area (Å²) in [5, 5.41) is 18.2. The van der Waals surface area contributed by atoms with Gasteiger partial charge in [-0.15, -0.1) is 0 Å². The predicted octanol–water partition coefficient (Wildman–Crippen LogP) is 1.23. The Bertz CT molecular complexity index is 442. The van der Waals surface area contributed by atoms with Crippen molar-refractivity contribution in [1.82, 2.24) is 9.80 Å². The van der Waals surface area contributed by atoms with Gasteiger partial charge in [0.15, 0.2) is 0 Å². The van der Waals surface area contributed by atoms with Crippen molar-refractivity contribution >= 4 is 6.08 Å². The van der Waals surface area contributed by atoms with Crippen molar-refractivity contribution in [2.45, 2.75) is 12.6 Å².